The lowest BCUT2D eigenvalue weighted by Crippen LogP contribution is -2.65. The molecular weight excluding hydrogens is 655 g/mol. The van der Waals surface area contributed by atoms with Crippen LogP contribution < -0.4 is 5.73 Å². The Morgan fingerprint density at radius 2 is 1.72 bits per heavy atom. The number of aromatic hydroxyl groups is 1. The van der Waals surface area contributed by atoms with Gasteiger partial charge >= 0.3 is 6.18 Å². The smallest absolute Gasteiger partial charge is 0.417 e. The third-order valence-corrected chi connectivity index (χ3v) is 13.8. The van der Waals surface area contributed by atoms with Crippen molar-refractivity contribution in [2.24, 2.45) is 40.2 Å². The molecule has 7 rings (SSSR count). The van der Waals surface area contributed by atoms with E-state index >= 15 is 13.2 Å². The van der Waals surface area contributed by atoms with Gasteiger partial charge in [-0.1, -0.05) is 20.8 Å². The number of alkyl halides is 3. The number of hydrogen-bond donors (Lipinski definition) is 5. The Bertz CT molecular complexity index is 1780. The summed E-state index contributed by atoms with van der Waals surface area (Å²) in [6, 6.07) is -0.242. The molecule has 1 amide bonds. The normalized spacial score (nSPS) is 34.8. The van der Waals surface area contributed by atoms with Crippen molar-refractivity contribution in [2.45, 2.75) is 96.1 Å². The van der Waals surface area contributed by atoms with Gasteiger partial charge in [0.05, 0.1) is 17.2 Å². The van der Waals surface area contributed by atoms with Gasteiger partial charge in [-0.05, 0) is 105 Å². The predicted octanol–water partition coefficient (Wildman–Crippen LogP) is 4.41. The van der Waals surface area contributed by atoms with Crippen LogP contribution in [0.2, 0.25) is 0 Å². The van der Waals surface area contributed by atoms with Crippen molar-refractivity contribution in [3.63, 3.8) is 0 Å². The summed E-state index contributed by atoms with van der Waals surface area (Å²) in [5.74, 6) is -8.03. The van der Waals surface area contributed by atoms with Crippen LogP contribution in [0.1, 0.15) is 81.5 Å². The molecule has 2 bridgehead atoms. The van der Waals surface area contributed by atoms with Crippen LogP contribution in [0.5, 0.6) is 5.75 Å². The number of carbonyl (C=O) groups excluding carboxylic acids is 3. The van der Waals surface area contributed by atoms with Crippen molar-refractivity contribution >= 4 is 23.2 Å². The summed E-state index contributed by atoms with van der Waals surface area (Å²) in [6.07, 6.45) is -0.611. The number of halogens is 3. The zero-order valence-electron chi connectivity index (χ0n) is 29.0. The van der Waals surface area contributed by atoms with Gasteiger partial charge in [-0.2, -0.15) is 13.2 Å². The highest BCUT2D eigenvalue weighted by atomic mass is 19.4. The quantitative estimate of drug-likeness (QED) is 0.259. The number of phenolic OH excluding ortho intramolecular Hbond substituents is 1. The highest BCUT2D eigenvalue weighted by Crippen LogP contribution is 2.67. The number of ketones is 2. The van der Waals surface area contributed by atoms with E-state index in [1.807, 2.05) is 0 Å². The maximum Gasteiger partial charge on any atom is 0.417 e. The van der Waals surface area contributed by atoms with Gasteiger partial charge in [-0.15, -0.1) is 0 Å². The Morgan fingerprint density at radius 1 is 1.06 bits per heavy atom. The number of phenols is 1. The molecular formula is C37H46F3N3O7. The number of aliphatic hydroxyl groups excluding tert-OH is 2. The second-order valence-electron chi connectivity index (χ2n) is 16.7. The number of primary amides is 1. The van der Waals surface area contributed by atoms with Gasteiger partial charge < -0.3 is 26.2 Å². The Hall–Kier alpha value is -3.42. The molecule has 6 aliphatic rings. The number of aliphatic hydroxyl groups is 3. The lowest BCUT2D eigenvalue weighted by Gasteiger charge is -2.50. The minimum absolute atomic E-state index is 0.0273. The van der Waals surface area contributed by atoms with Gasteiger partial charge in [0.1, 0.15) is 22.8 Å². The standard InChI is InChI=1S/C37H46F3N3O7/c1-34(2)19-8-9-35(34,3)23(13-19)43(14-16-6-7-16)15-18-12-22(44)25-20(27(18)37(38,39)40)10-17-11-21-28(42(4)5)30(46)26(33(41)49)32(48)36(21,50)31(47)24(17)29(25)45/h12,16-17,19,21,23,28,44-45,48,50H,6-11,13-15H2,1-5H3,(H2,41,49)/t17-,19?,21-,23-,28-,35?,36-/m0/s1. The second kappa shape index (κ2) is 11.0. The number of hydrogen-bond acceptors (Lipinski definition) is 9. The number of carbonyl (C=O) groups is 3. The molecule has 0 aromatic heterocycles. The van der Waals surface area contributed by atoms with E-state index in [1.165, 1.54) is 19.0 Å². The first-order valence-electron chi connectivity index (χ1n) is 17.5. The zero-order chi connectivity index (χ0) is 36.6. The number of fused-ring (bicyclic) bond motifs is 5. The first-order valence-corrected chi connectivity index (χ1v) is 17.5. The minimum atomic E-state index is -4.89. The van der Waals surface area contributed by atoms with Crippen molar-refractivity contribution in [1.82, 2.24) is 9.80 Å². The molecule has 7 atom stereocenters. The molecule has 13 heteroatoms. The molecule has 0 radical (unpaired) electrons. The van der Waals surface area contributed by atoms with Gasteiger partial charge in [0, 0.05) is 30.6 Å². The van der Waals surface area contributed by atoms with Crippen molar-refractivity contribution in [3.05, 3.63) is 45.2 Å². The third-order valence-electron chi connectivity index (χ3n) is 13.8. The van der Waals surface area contributed by atoms with Gasteiger partial charge in [0.15, 0.2) is 11.4 Å². The van der Waals surface area contributed by atoms with Crippen LogP contribution in [-0.4, -0.2) is 86.0 Å². The van der Waals surface area contributed by atoms with E-state index in [-0.39, 0.29) is 41.0 Å². The van der Waals surface area contributed by atoms with Crippen LogP contribution >= 0.6 is 0 Å². The Kier molecular flexibility index (Phi) is 7.73. The Balaban J connectivity index is 1.35. The van der Waals surface area contributed by atoms with E-state index in [0.29, 0.717) is 18.4 Å². The lowest BCUT2D eigenvalue weighted by atomic mass is 9.57. The molecule has 0 saturated heterocycles. The highest BCUT2D eigenvalue weighted by Gasteiger charge is 2.65. The van der Waals surface area contributed by atoms with Gasteiger partial charge in [-0.3, -0.25) is 24.2 Å². The fourth-order valence-corrected chi connectivity index (χ4v) is 10.7. The van der Waals surface area contributed by atoms with Crippen LogP contribution in [0.3, 0.4) is 0 Å². The molecule has 4 fully saturated rings. The number of nitrogens with zero attached hydrogens (tertiary/aromatic N) is 2. The number of rotatable bonds is 7. The molecule has 10 nitrogen and oxygen atoms in total. The maximum atomic E-state index is 15.3. The molecule has 0 aliphatic heterocycles. The van der Waals surface area contributed by atoms with Crippen LogP contribution in [0.15, 0.2) is 23.0 Å². The van der Waals surface area contributed by atoms with Crippen LogP contribution in [0.25, 0.3) is 5.76 Å². The molecule has 2 unspecified atom stereocenters. The number of amides is 1. The molecule has 50 heavy (non-hydrogen) atoms. The summed E-state index contributed by atoms with van der Waals surface area (Å²) >= 11 is 0. The molecule has 272 valence electrons. The Morgan fingerprint density at radius 3 is 2.24 bits per heavy atom. The van der Waals surface area contributed by atoms with E-state index in [2.05, 4.69) is 25.7 Å². The van der Waals surface area contributed by atoms with E-state index < -0.39 is 93.1 Å². The van der Waals surface area contributed by atoms with Gasteiger partial charge in [0.25, 0.3) is 5.91 Å². The number of likely N-dealkylation sites (N-methyl/N-ethyl adjacent to an activating group) is 1. The molecule has 0 heterocycles. The van der Waals surface area contributed by atoms with E-state index in [0.717, 1.165) is 38.2 Å². The first-order chi connectivity index (χ1) is 23.2. The molecule has 1 aromatic carbocycles. The predicted molar refractivity (Wildman–Crippen MR) is 175 cm³/mol. The van der Waals surface area contributed by atoms with E-state index in [4.69, 9.17) is 5.73 Å². The molecule has 6 N–H and O–H groups in total. The summed E-state index contributed by atoms with van der Waals surface area (Å²) in [7, 11) is 2.93. The topological polar surface area (TPSA) is 165 Å². The molecule has 1 aromatic rings. The van der Waals surface area contributed by atoms with E-state index in [9.17, 15) is 34.8 Å². The highest BCUT2D eigenvalue weighted by molar-refractivity contribution is 6.24. The number of nitrogens with two attached hydrogens (primary N) is 1. The van der Waals surface area contributed by atoms with Gasteiger partial charge in [0.2, 0.25) is 5.78 Å². The number of benzene rings is 1. The zero-order valence-corrected chi connectivity index (χ0v) is 29.0. The van der Waals surface area contributed by atoms with Crippen LogP contribution in [0, 0.1) is 34.5 Å². The third kappa shape index (κ3) is 4.67. The SMILES string of the molecule is CN(C)[C@@H]1C(=O)C(C(N)=O)=C(O)[C@@]2(O)C(=O)C3=C(O)c4c(O)cc(CN(CC5CC5)[C@H]5CC6CCC5(C)C6(C)C)c(C(F)(F)F)c4C[C@H]3C[C@@H]12. The summed E-state index contributed by atoms with van der Waals surface area (Å²) in [5, 5.41) is 45.8. The summed E-state index contributed by atoms with van der Waals surface area (Å²) < 4.78 is 46.0. The fraction of sp³-hybridized carbons (Fsp3) is 0.649. The average molecular weight is 702 g/mol. The maximum absolute atomic E-state index is 15.3. The molecule has 4 saturated carbocycles. The molecule has 0 spiro atoms. The molecule has 6 aliphatic carbocycles. The van der Waals surface area contributed by atoms with Crippen molar-refractivity contribution in [3.8, 4) is 5.75 Å². The fourth-order valence-electron chi connectivity index (χ4n) is 10.7. The average Bonchev–Trinajstić information content (AvgIpc) is 3.75. The van der Waals surface area contributed by atoms with E-state index in [1.54, 1.807) is 0 Å². The van der Waals surface area contributed by atoms with Crippen LogP contribution in [0.4, 0.5) is 13.2 Å². The summed E-state index contributed by atoms with van der Waals surface area (Å²) in [4.78, 5) is 43.3. The summed E-state index contributed by atoms with van der Waals surface area (Å²) in [6.45, 7) is 7.37. The number of Topliss-reactive ketones (excluding diaryl/α,β-unsaturated/α-hetero) is 2. The minimum Gasteiger partial charge on any atom is -0.508 e. The largest absolute Gasteiger partial charge is 0.508 e. The van der Waals surface area contributed by atoms with Gasteiger partial charge in [-0.25, -0.2) is 0 Å². The van der Waals surface area contributed by atoms with Crippen molar-refractivity contribution in [2.75, 3.05) is 20.6 Å². The summed E-state index contributed by atoms with van der Waals surface area (Å²) in [5.41, 5.74) is -1.01. The Labute approximate surface area is 288 Å². The lowest BCUT2D eigenvalue weighted by molar-refractivity contribution is -0.153. The monoisotopic (exact) mass is 701 g/mol. The second-order valence-corrected chi connectivity index (χ2v) is 16.7. The van der Waals surface area contributed by atoms with Crippen molar-refractivity contribution < 1.29 is 48.0 Å². The van der Waals surface area contributed by atoms with Crippen LogP contribution in [-0.2, 0) is 33.5 Å². The van der Waals surface area contributed by atoms with Crippen molar-refractivity contribution in [1.29, 1.82) is 0 Å². The first kappa shape index (κ1) is 35.0.